The van der Waals surface area contributed by atoms with Crippen LogP contribution in [0.2, 0.25) is 0 Å². The third-order valence-corrected chi connectivity index (χ3v) is 5.62. The van der Waals surface area contributed by atoms with Gasteiger partial charge in [0.15, 0.2) is 11.6 Å². The van der Waals surface area contributed by atoms with Gasteiger partial charge in [0.05, 0.1) is 35.6 Å². The van der Waals surface area contributed by atoms with E-state index < -0.39 is 11.5 Å². The Labute approximate surface area is 182 Å². The van der Waals surface area contributed by atoms with E-state index in [0.29, 0.717) is 27.7 Å². The molecule has 0 saturated heterocycles. The van der Waals surface area contributed by atoms with Crippen molar-refractivity contribution in [1.82, 2.24) is 29.3 Å². The first-order valence-corrected chi connectivity index (χ1v) is 10.3. The van der Waals surface area contributed by atoms with E-state index in [9.17, 15) is 4.79 Å². The fraction of sp³-hybridized carbons (Fsp3) is 0.217. The van der Waals surface area contributed by atoms with Gasteiger partial charge >= 0.3 is 5.69 Å². The average Bonchev–Trinajstić information content (AvgIpc) is 3.41. The van der Waals surface area contributed by atoms with Gasteiger partial charge in [0.25, 0.3) is 0 Å². The van der Waals surface area contributed by atoms with Crippen LogP contribution < -0.4 is 10.4 Å². The van der Waals surface area contributed by atoms with Gasteiger partial charge in [-0.15, -0.1) is 0 Å². The molecule has 4 aromatic heterocycles. The summed E-state index contributed by atoms with van der Waals surface area (Å²) >= 11 is 0. The Bertz CT molecular complexity index is 1520. The lowest BCUT2D eigenvalue weighted by Gasteiger charge is -2.11. The molecule has 9 heteroatoms. The molecular formula is C23H21FN6O2. The van der Waals surface area contributed by atoms with Gasteiger partial charge in [0, 0.05) is 36.5 Å². The number of hydrogen-bond acceptors (Lipinski definition) is 5. The molecule has 0 aliphatic rings. The lowest BCUT2D eigenvalue weighted by molar-refractivity contribution is 0.417. The number of hydrogen-bond donors (Lipinski definition) is 1. The highest BCUT2D eigenvalue weighted by atomic mass is 19.1. The molecule has 0 unspecified atom stereocenters. The van der Waals surface area contributed by atoms with E-state index in [-0.39, 0.29) is 5.82 Å². The highest BCUT2D eigenvalue weighted by molar-refractivity contribution is 6.05. The van der Waals surface area contributed by atoms with Crippen LogP contribution in [0.15, 0.2) is 47.7 Å². The van der Waals surface area contributed by atoms with Crippen molar-refractivity contribution in [3.63, 3.8) is 0 Å². The molecule has 0 fully saturated rings. The minimum absolute atomic E-state index is 0.0353. The Morgan fingerprint density at radius 2 is 2.03 bits per heavy atom. The summed E-state index contributed by atoms with van der Waals surface area (Å²) in [5.74, 6) is 0.0244. The molecule has 5 rings (SSSR count). The third kappa shape index (κ3) is 2.96. The topological polar surface area (TPSA) is 90.6 Å². The van der Waals surface area contributed by atoms with Crippen molar-refractivity contribution < 1.29 is 9.13 Å². The van der Waals surface area contributed by atoms with Gasteiger partial charge in [-0.2, -0.15) is 5.10 Å². The fourth-order valence-corrected chi connectivity index (χ4v) is 4.07. The molecule has 0 atom stereocenters. The van der Waals surface area contributed by atoms with Gasteiger partial charge in [-0.1, -0.05) is 13.3 Å². The number of halogens is 1. The van der Waals surface area contributed by atoms with Gasteiger partial charge in [-0.25, -0.2) is 18.7 Å². The summed E-state index contributed by atoms with van der Waals surface area (Å²) < 4.78 is 23.4. The second-order valence-corrected chi connectivity index (χ2v) is 7.61. The summed E-state index contributed by atoms with van der Waals surface area (Å²) in [6.45, 7) is 2.02. The maximum Gasteiger partial charge on any atom is 0.334 e. The predicted octanol–water partition coefficient (Wildman–Crippen LogP) is 3.76. The Hall–Kier alpha value is -4.01. The number of nitrogens with one attached hydrogen (secondary N) is 1. The van der Waals surface area contributed by atoms with Crippen molar-refractivity contribution in [2.45, 2.75) is 19.8 Å². The Kier molecular flexibility index (Phi) is 4.73. The number of H-pyrrole nitrogens is 1. The van der Waals surface area contributed by atoms with Crippen LogP contribution in [-0.4, -0.2) is 36.4 Å². The maximum atomic E-state index is 15.1. The van der Waals surface area contributed by atoms with E-state index in [4.69, 9.17) is 4.74 Å². The van der Waals surface area contributed by atoms with Gasteiger partial charge < -0.3 is 4.74 Å². The summed E-state index contributed by atoms with van der Waals surface area (Å²) in [6, 6.07) is 6.93. The Morgan fingerprint density at radius 3 is 2.72 bits per heavy atom. The zero-order valence-electron chi connectivity index (χ0n) is 17.9. The molecule has 8 nitrogen and oxygen atoms in total. The second kappa shape index (κ2) is 7.60. The molecule has 4 heterocycles. The molecule has 0 aliphatic carbocycles. The number of pyridine rings is 2. The van der Waals surface area contributed by atoms with Crippen LogP contribution in [0.1, 0.15) is 18.9 Å². The van der Waals surface area contributed by atoms with Crippen molar-refractivity contribution in [1.29, 1.82) is 0 Å². The molecule has 0 amide bonds. The molecule has 0 saturated carbocycles. The summed E-state index contributed by atoms with van der Waals surface area (Å²) in [6.07, 6.45) is 6.47. The van der Waals surface area contributed by atoms with E-state index in [0.717, 1.165) is 29.7 Å². The van der Waals surface area contributed by atoms with Crippen LogP contribution in [0.5, 0.6) is 5.75 Å². The number of ether oxygens (including phenoxy) is 1. The third-order valence-electron chi connectivity index (χ3n) is 5.62. The smallest absolute Gasteiger partial charge is 0.334 e. The van der Waals surface area contributed by atoms with Crippen LogP contribution in [0.25, 0.3) is 39.0 Å². The quantitative estimate of drug-likeness (QED) is 0.457. The first kappa shape index (κ1) is 19.9. The van der Waals surface area contributed by atoms with Crippen LogP contribution in [0.3, 0.4) is 0 Å². The predicted molar refractivity (Wildman–Crippen MR) is 120 cm³/mol. The standard InChI is InChI=1S/C23H21FN6O2/c1-4-5-13-8-16(24)22(26-11-13)30-21-15-9-14(17-6-7-27-28-17)20(32-3)10-18(15)25-12-19(21)29(2)23(30)31/h6-12H,4-5H2,1-3H3,(H,27,28). The highest BCUT2D eigenvalue weighted by Gasteiger charge is 2.21. The van der Waals surface area contributed by atoms with Crippen LogP contribution >= 0.6 is 0 Å². The summed E-state index contributed by atoms with van der Waals surface area (Å²) in [5.41, 5.74) is 3.60. The van der Waals surface area contributed by atoms with Crippen LogP contribution in [-0.2, 0) is 13.5 Å². The van der Waals surface area contributed by atoms with Crippen LogP contribution in [0, 0.1) is 5.82 Å². The van der Waals surface area contributed by atoms with E-state index in [2.05, 4.69) is 20.2 Å². The average molecular weight is 432 g/mol. The summed E-state index contributed by atoms with van der Waals surface area (Å²) in [4.78, 5) is 22.0. The SMILES string of the molecule is CCCc1cnc(-n2c(=O)n(C)c3cnc4cc(OC)c(-c5ccn[nH]5)cc4c32)c(F)c1. The van der Waals surface area contributed by atoms with E-state index in [1.165, 1.54) is 15.2 Å². The number of aryl methyl sites for hydroxylation is 2. The van der Waals surface area contributed by atoms with Gasteiger partial charge in [-0.05, 0) is 30.2 Å². The van der Waals surface area contributed by atoms with Crippen molar-refractivity contribution >= 4 is 21.9 Å². The van der Waals surface area contributed by atoms with Gasteiger partial charge in [-0.3, -0.25) is 14.6 Å². The summed E-state index contributed by atoms with van der Waals surface area (Å²) in [7, 11) is 3.21. The first-order valence-electron chi connectivity index (χ1n) is 10.3. The lowest BCUT2D eigenvalue weighted by Crippen LogP contribution is -2.22. The monoisotopic (exact) mass is 432 g/mol. The second-order valence-electron chi connectivity index (χ2n) is 7.61. The Balaban J connectivity index is 1.87. The number of benzene rings is 1. The maximum absolute atomic E-state index is 15.1. The lowest BCUT2D eigenvalue weighted by atomic mass is 10.1. The van der Waals surface area contributed by atoms with Crippen molar-refractivity contribution in [3.05, 3.63) is 64.7 Å². The number of rotatable bonds is 5. The number of methoxy groups -OCH3 is 1. The van der Waals surface area contributed by atoms with E-state index in [1.54, 1.807) is 38.8 Å². The first-order chi connectivity index (χ1) is 15.5. The molecule has 0 aliphatic heterocycles. The van der Waals surface area contributed by atoms with Crippen molar-refractivity contribution in [2.75, 3.05) is 7.11 Å². The summed E-state index contributed by atoms with van der Waals surface area (Å²) in [5, 5.41) is 7.62. The largest absolute Gasteiger partial charge is 0.496 e. The molecule has 1 aromatic carbocycles. The minimum atomic E-state index is -0.544. The number of aromatic amines is 1. The Morgan fingerprint density at radius 1 is 1.19 bits per heavy atom. The van der Waals surface area contributed by atoms with E-state index >= 15 is 4.39 Å². The van der Waals surface area contributed by atoms with Crippen molar-refractivity contribution in [3.8, 4) is 22.8 Å². The number of aromatic nitrogens is 6. The molecule has 1 N–H and O–H groups in total. The van der Waals surface area contributed by atoms with Gasteiger partial charge in [0.2, 0.25) is 0 Å². The highest BCUT2D eigenvalue weighted by Crippen LogP contribution is 2.35. The number of imidazole rings is 1. The number of nitrogens with zero attached hydrogens (tertiary/aromatic N) is 5. The fourth-order valence-electron chi connectivity index (χ4n) is 4.07. The van der Waals surface area contributed by atoms with Gasteiger partial charge in [0.1, 0.15) is 5.75 Å². The molecule has 0 spiro atoms. The molecule has 162 valence electrons. The van der Waals surface area contributed by atoms with Crippen LogP contribution in [0.4, 0.5) is 4.39 Å². The normalized spacial score (nSPS) is 11.5. The molecule has 0 bridgehead atoms. The number of fused-ring (bicyclic) bond motifs is 3. The molecule has 32 heavy (non-hydrogen) atoms. The minimum Gasteiger partial charge on any atom is -0.496 e. The zero-order valence-corrected chi connectivity index (χ0v) is 17.9. The van der Waals surface area contributed by atoms with Crippen molar-refractivity contribution in [2.24, 2.45) is 7.05 Å². The molecule has 5 aromatic rings. The zero-order chi connectivity index (χ0) is 22.4. The molecular weight excluding hydrogens is 411 g/mol. The van der Waals surface area contributed by atoms with E-state index in [1.807, 2.05) is 19.1 Å². The molecule has 0 radical (unpaired) electrons.